The first kappa shape index (κ1) is 18.9. The maximum Gasteiger partial charge on any atom is 0.338 e. The Labute approximate surface area is 156 Å². The highest BCUT2D eigenvalue weighted by molar-refractivity contribution is 5.91. The number of rotatable bonds is 3. The molecule has 0 aliphatic heterocycles. The molecule has 26 heavy (non-hydrogen) atoms. The van der Waals surface area contributed by atoms with E-state index in [4.69, 9.17) is 9.47 Å². The van der Waals surface area contributed by atoms with Crippen LogP contribution in [0.25, 0.3) is 0 Å². The second kappa shape index (κ2) is 6.71. The summed E-state index contributed by atoms with van der Waals surface area (Å²) in [6, 6.07) is 4.02. The van der Waals surface area contributed by atoms with Crippen molar-refractivity contribution < 1.29 is 19.1 Å². The van der Waals surface area contributed by atoms with Gasteiger partial charge in [0.2, 0.25) is 0 Å². The predicted molar refractivity (Wildman–Crippen MR) is 100 cm³/mol. The van der Waals surface area contributed by atoms with E-state index in [0.717, 1.165) is 44.1 Å². The number of methoxy groups -OCH3 is 2. The Kier molecular flexibility index (Phi) is 4.89. The minimum atomic E-state index is -0.438. The van der Waals surface area contributed by atoms with E-state index < -0.39 is 5.41 Å². The standard InChI is InChI=1S/C22H30O4/c1-6-14-15-9-11-18-21(2,12-7-13-22(18,3)20(24)26-5)17(15)10-8-16(14)19(23)25-4/h8,10,18H,6-7,9,11-13H2,1-5H3. The molecule has 0 radical (unpaired) electrons. The van der Waals surface area contributed by atoms with Gasteiger partial charge >= 0.3 is 11.9 Å². The monoisotopic (exact) mass is 358 g/mol. The van der Waals surface area contributed by atoms with Gasteiger partial charge in [-0.25, -0.2) is 4.79 Å². The number of carbonyl (C=O) groups excluding carboxylic acids is 2. The zero-order chi connectivity index (χ0) is 19.1. The van der Waals surface area contributed by atoms with Gasteiger partial charge in [0.05, 0.1) is 25.2 Å². The zero-order valence-corrected chi connectivity index (χ0v) is 16.6. The fourth-order valence-corrected chi connectivity index (χ4v) is 5.82. The zero-order valence-electron chi connectivity index (χ0n) is 16.6. The van der Waals surface area contributed by atoms with E-state index in [-0.39, 0.29) is 23.3 Å². The molecule has 0 aromatic heterocycles. The molecule has 1 aromatic carbocycles. The lowest BCUT2D eigenvalue weighted by Crippen LogP contribution is -2.52. The van der Waals surface area contributed by atoms with Crippen molar-refractivity contribution in [3.8, 4) is 0 Å². The van der Waals surface area contributed by atoms with Crippen LogP contribution in [0.3, 0.4) is 0 Å². The Hall–Kier alpha value is -1.84. The molecule has 2 aliphatic carbocycles. The van der Waals surface area contributed by atoms with Crippen LogP contribution in [0, 0.1) is 11.3 Å². The molecule has 1 saturated carbocycles. The smallest absolute Gasteiger partial charge is 0.338 e. The highest BCUT2D eigenvalue weighted by atomic mass is 16.5. The van der Waals surface area contributed by atoms with Crippen molar-refractivity contribution >= 4 is 11.9 Å². The number of carbonyl (C=O) groups is 2. The van der Waals surface area contributed by atoms with Gasteiger partial charge in [0, 0.05) is 0 Å². The molecule has 0 saturated heterocycles. The number of ether oxygens (including phenoxy) is 2. The molecular formula is C22H30O4. The van der Waals surface area contributed by atoms with Crippen LogP contribution in [-0.4, -0.2) is 26.2 Å². The molecule has 0 amide bonds. The number of hydrogen-bond acceptors (Lipinski definition) is 4. The molecule has 4 heteroatoms. The number of benzene rings is 1. The Bertz CT molecular complexity index is 738. The van der Waals surface area contributed by atoms with Gasteiger partial charge in [-0.15, -0.1) is 0 Å². The first-order valence-electron chi connectivity index (χ1n) is 9.65. The average molecular weight is 358 g/mol. The highest BCUT2D eigenvalue weighted by Gasteiger charge is 2.55. The van der Waals surface area contributed by atoms with Crippen LogP contribution in [0.2, 0.25) is 0 Å². The van der Waals surface area contributed by atoms with Crippen LogP contribution in [0.5, 0.6) is 0 Å². The quantitative estimate of drug-likeness (QED) is 0.759. The molecule has 4 nitrogen and oxygen atoms in total. The molecule has 0 spiro atoms. The molecule has 142 valence electrons. The predicted octanol–water partition coefficient (Wildman–Crippen LogP) is 4.22. The summed E-state index contributed by atoms with van der Waals surface area (Å²) < 4.78 is 10.2. The summed E-state index contributed by atoms with van der Waals surface area (Å²) >= 11 is 0. The molecule has 1 fully saturated rings. The van der Waals surface area contributed by atoms with Crippen molar-refractivity contribution in [2.45, 2.75) is 64.7 Å². The second-order valence-electron chi connectivity index (χ2n) is 8.23. The molecule has 2 aliphatic rings. The van der Waals surface area contributed by atoms with Gasteiger partial charge in [0.15, 0.2) is 0 Å². The van der Waals surface area contributed by atoms with E-state index >= 15 is 0 Å². The molecule has 0 N–H and O–H groups in total. The van der Waals surface area contributed by atoms with Gasteiger partial charge < -0.3 is 9.47 Å². The van der Waals surface area contributed by atoms with Gasteiger partial charge in [-0.3, -0.25) is 4.79 Å². The van der Waals surface area contributed by atoms with Crippen molar-refractivity contribution in [3.05, 3.63) is 34.4 Å². The van der Waals surface area contributed by atoms with E-state index in [0.29, 0.717) is 5.56 Å². The molecular weight excluding hydrogens is 328 g/mol. The van der Waals surface area contributed by atoms with Crippen molar-refractivity contribution in [1.29, 1.82) is 0 Å². The third kappa shape index (κ3) is 2.57. The van der Waals surface area contributed by atoms with E-state index in [1.807, 2.05) is 6.07 Å². The summed E-state index contributed by atoms with van der Waals surface area (Å²) in [5, 5.41) is 0. The van der Waals surface area contributed by atoms with Crippen LogP contribution >= 0.6 is 0 Å². The third-order valence-electron chi connectivity index (χ3n) is 7.07. The summed E-state index contributed by atoms with van der Waals surface area (Å²) in [6.07, 6.45) is 5.62. The van der Waals surface area contributed by atoms with Crippen molar-refractivity contribution in [3.63, 3.8) is 0 Å². The van der Waals surface area contributed by atoms with Crippen molar-refractivity contribution in [1.82, 2.24) is 0 Å². The Morgan fingerprint density at radius 1 is 1.15 bits per heavy atom. The van der Waals surface area contributed by atoms with Crippen LogP contribution in [0.1, 0.15) is 73.5 Å². The number of hydrogen-bond donors (Lipinski definition) is 0. The minimum absolute atomic E-state index is 0.0622. The van der Waals surface area contributed by atoms with Gasteiger partial charge in [0.25, 0.3) is 0 Å². The second-order valence-corrected chi connectivity index (χ2v) is 8.23. The van der Waals surface area contributed by atoms with Crippen LogP contribution < -0.4 is 0 Å². The van der Waals surface area contributed by atoms with E-state index in [1.54, 1.807) is 0 Å². The Balaban J connectivity index is 2.14. The molecule has 0 bridgehead atoms. The largest absolute Gasteiger partial charge is 0.469 e. The number of esters is 2. The Morgan fingerprint density at radius 3 is 2.50 bits per heavy atom. The fourth-order valence-electron chi connectivity index (χ4n) is 5.82. The normalized spacial score (nSPS) is 30.1. The summed E-state index contributed by atoms with van der Waals surface area (Å²) in [5.74, 6) is -0.0869. The van der Waals surface area contributed by atoms with Gasteiger partial charge in [-0.2, -0.15) is 0 Å². The van der Waals surface area contributed by atoms with E-state index in [1.165, 1.54) is 25.3 Å². The van der Waals surface area contributed by atoms with Gasteiger partial charge in [-0.1, -0.05) is 26.3 Å². The summed E-state index contributed by atoms with van der Waals surface area (Å²) in [6.45, 7) is 6.47. The number of fused-ring (bicyclic) bond motifs is 3. The van der Waals surface area contributed by atoms with Gasteiger partial charge in [0.1, 0.15) is 0 Å². The van der Waals surface area contributed by atoms with E-state index in [2.05, 4.69) is 26.8 Å². The average Bonchev–Trinajstić information content (AvgIpc) is 2.65. The first-order valence-corrected chi connectivity index (χ1v) is 9.65. The maximum atomic E-state index is 12.6. The highest BCUT2D eigenvalue weighted by Crippen LogP contribution is 2.58. The molecule has 3 unspecified atom stereocenters. The van der Waals surface area contributed by atoms with Gasteiger partial charge in [-0.05, 0) is 73.1 Å². The maximum absolute atomic E-state index is 12.6. The topological polar surface area (TPSA) is 52.6 Å². The van der Waals surface area contributed by atoms with Crippen LogP contribution in [-0.2, 0) is 32.5 Å². The van der Waals surface area contributed by atoms with Crippen molar-refractivity contribution in [2.24, 2.45) is 11.3 Å². The third-order valence-corrected chi connectivity index (χ3v) is 7.07. The SMILES string of the molecule is CCc1c(C(=O)OC)ccc2c1CCC1C(C)(C(=O)OC)CCCC21C. The molecule has 1 aromatic rings. The summed E-state index contributed by atoms with van der Waals surface area (Å²) in [4.78, 5) is 24.8. The van der Waals surface area contributed by atoms with Crippen LogP contribution in [0.15, 0.2) is 12.1 Å². The lowest BCUT2D eigenvalue weighted by atomic mass is 9.49. The van der Waals surface area contributed by atoms with Crippen molar-refractivity contribution in [2.75, 3.05) is 14.2 Å². The first-order chi connectivity index (χ1) is 12.3. The summed E-state index contributed by atoms with van der Waals surface area (Å²) in [5.41, 5.74) is 3.90. The summed E-state index contributed by atoms with van der Waals surface area (Å²) in [7, 11) is 2.93. The Morgan fingerprint density at radius 2 is 1.88 bits per heavy atom. The van der Waals surface area contributed by atoms with E-state index in [9.17, 15) is 9.59 Å². The minimum Gasteiger partial charge on any atom is -0.469 e. The molecule has 3 atom stereocenters. The van der Waals surface area contributed by atoms with Crippen LogP contribution in [0.4, 0.5) is 0 Å². The molecule has 3 rings (SSSR count). The lowest BCUT2D eigenvalue weighted by Gasteiger charge is -2.54. The fraction of sp³-hybridized carbons (Fsp3) is 0.636. The lowest BCUT2D eigenvalue weighted by molar-refractivity contribution is -0.161. The molecule has 0 heterocycles.